The summed E-state index contributed by atoms with van der Waals surface area (Å²) in [5, 5.41) is 3.31. The summed E-state index contributed by atoms with van der Waals surface area (Å²) in [4.78, 5) is 0. The summed E-state index contributed by atoms with van der Waals surface area (Å²) in [6.07, 6.45) is 1.15. The first-order chi connectivity index (χ1) is 8.02. The average molecular weight is 233 g/mol. The molecule has 0 saturated carbocycles. The maximum atomic E-state index is 5.70. The third-order valence-electron chi connectivity index (χ3n) is 2.53. The van der Waals surface area contributed by atoms with Crippen LogP contribution in [-0.2, 0) is 0 Å². The van der Waals surface area contributed by atoms with Gasteiger partial charge in [0.05, 0.1) is 6.10 Å². The molecule has 1 atom stereocenters. The highest BCUT2D eigenvalue weighted by Gasteiger charge is 2.10. The van der Waals surface area contributed by atoms with Gasteiger partial charge < -0.3 is 10.1 Å². The van der Waals surface area contributed by atoms with Crippen LogP contribution in [0.4, 0.5) is 0 Å². The Labute approximate surface area is 105 Å². The zero-order chi connectivity index (χ0) is 12.8. The van der Waals surface area contributed by atoms with Crippen molar-refractivity contribution in [1.29, 1.82) is 0 Å². The molecular weight excluding hydrogens is 210 g/mol. The Hall–Kier alpha value is -1.28. The van der Waals surface area contributed by atoms with Crippen LogP contribution in [0.1, 0.15) is 38.8 Å². The quantitative estimate of drug-likeness (QED) is 0.756. The zero-order valence-corrected chi connectivity index (χ0v) is 11.3. The van der Waals surface area contributed by atoms with Gasteiger partial charge >= 0.3 is 0 Å². The lowest BCUT2D eigenvalue weighted by Gasteiger charge is -2.18. The van der Waals surface area contributed by atoms with Crippen LogP contribution < -0.4 is 10.1 Å². The van der Waals surface area contributed by atoms with Crippen molar-refractivity contribution in [3.8, 4) is 5.75 Å². The molecule has 0 aliphatic rings. The van der Waals surface area contributed by atoms with Crippen molar-refractivity contribution in [3.05, 3.63) is 42.0 Å². The molecule has 1 aromatic carbocycles. The van der Waals surface area contributed by atoms with Crippen LogP contribution in [0.2, 0.25) is 0 Å². The number of rotatable bonds is 6. The molecule has 0 saturated heterocycles. The van der Waals surface area contributed by atoms with Gasteiger partial charge in [0.2, 0.25) is 0 Å². The fraction of sp³-hybridized carbons (Fsp3) is 0.467. The molecule has 0 heterocycles. The third-order valence-corrected chi connectivity index (χ3v) is 2.53. The minimum atomic E-state index is 0.208. The van der Waals surface area contributed by atoms with Gasteiger partial charge in [0.25, 0.3) is 0 Å². The number of nitrogens with one attached hydrogen (secondary N) is 1. The normalized spacial score (nSPS) is 12.5. The van der Waals surface area contributed by atoms with Crippen molar-refractivity contribution in [3.63, 3.8) is 0 Å². The molecule has 1 rings (SSSR count). The number of hydrogen-bond acceptors (Lipinski definition) is 2. The van der Waals surface area contributed by atoms with Crippen molar-refractivity contribution in [2.75, 3.05) is 7.05 Å². The molecule has 1 N–H and O–H groups in total. The predicted octanol–water partition coefficient (Wildman–Crippen LogP) is 3.70. The highest BCUT2D eigenvalue weighted by Crippen LogP contribution is 2.24. The summed E-state index contributed by atoms with van der Waals surface area (Å²) in [5.74, 6) is 0.930. The van der Waals surface area contributed by atoms with E-state index in [0.29, 0.717) is 6.04 Å². The lowest BCUT2D eigenvalue weighted by atomic mass is 10.0. The van der Waals surface area contributed by atoms with Gasteiger partial charge in [0, 0.05) is 6.04 Å². The average Bonchev–Trinajstić information content (AvgIpc) is 2.25. The van der Waals surface area contributed by atoms with E-state index in [4.69, 9.17) is 4.74 Å². The molecule has 0 amide bonds. The van der Waals surface area contributed by atoms with Crippen LogP contribution in [0.15, 0.2) is 36.4 Å². The Bertz CT molecular complexity index is 371. The highest BCUT2D eigenvalue weighted by atomic mass is 16.5. The van der Waals surface area contributed by atoms with Crippen molar-refractivity contribution in [2.24, 2.45) is 0 Å². The molecule has 0 spiro atoms. The van der Waals surface area contributed by atoms with E-state index in [1.54, 1.807) is 0 Å². The molecule has 17 heavy (non-hydrogen) atoms. The van der Waals surface area contributed by atoms with Crippen LogP contribution >= 0.6 is 0 Å². The smallest absolute Gasteiger partial charge is 0.120 e. The second kappa shape index (κ2) is 6.45. The maximum Gasteiger partial charge on any atom is 0.120 e. The standard InChI is InChI=1S/C15H23NO/c1-11(2)9-15(16-5)13-7-6-8-14(10-13)17-12(3)4/h6-8,10,12,15-16H,1,9H2,2-5H3. The van der Waals surface area contributed by atoms with E-state index in [0.717, 1.165) is 12.2 Å². The SMILES string of the molecule is C=C(C)CC(NC)c1cccc(OC(C)C)c1. The molecule has 1 unspecified atom stereocenters. The molecule has 0 bridgehead atoms. The van der Waals surface area contributed by atoms with Crippen molar-refractivity contribution >= 4 is 0 Å². The van der Waals surface area contributed by atoms with E-state index in [2.05, 4.69) is 31.0 Å². The Morgan fingerprint density at radius 3 is 2.65 bits per heavy atom. The van der Waals surface area contributed by atoms with Gasteiger partial charge in [-0.2, -0.15) is 0 Å². The molecule has 0 aliphatic heterocycles. The van der Waals surface area contributed by atoms with Crippen LogP contribution in [0, 0.1) is 0 Å². The molecule has 94 valence electrons. The van der Waals surface area contributed by atoms with Crippen molar-refractivity contribution in [1.82, 2.24) is 5.32 Å². The summed E-state index contributed by atoms with van der Waals surface area (Å²) in [6, 6.07) is 8.57. The molecule has 1 aromatic rings. The van der Waals surface area contributed by atoms with E-state index >= 15 is 0 Å². The second-order valence-electron chi connectivity index (χ2n) is 4.74. The van der Waals surface area contributed by atoms with Gasteiger partial charge in [-0.25, -0.2) is 0 Å². The molecular formula is C15H23NO. The first-order valence-corrected chi connectivity index (χ1v) is 6.11. The number of benzene rings is 1. The summed E-state index contributed by atoms with van der Waals surface area (Å²) in [7, 11) is 1.98. The molecule has 0 radical (unpaired) electrons. The molecule has 2 nitrogen and oxygen atoms in total. The third kappa shape index (κ3) is 4.61. The predicted molar refractivity (Wildman–Crippen MR) is 73.4 cm³/mol. The zero-order valence-electron chi connectivity index (χ0n) is 11.3. The Morgan fingerprint density at radius 2 is 2.12 bits per heavy atom. The van der Waals surface area contributed by atoms with Crippen LogP contribution in [-0.4, -0.2) is 13.2 Å². The Balaban J connectivity index is 2.84. The monoisotopic (exact) mass is 233 g/mol. The van der Waals surface area contributed by atoms with E-state index in [1.807, 2.05) is 33.0 Å². The van der Waals surface area contributed by atoms with Crippen molar-refractivity contribution in [2.45, 2.75) is 39.3 Å². The van der Waals surface area contributed by atoms with Gasteiger partial charge in [-0.3, -0.25) is 0 Å². The lowest BCUT2D eigenvalue weighted by Crippen LogP contribution is -2.16. The van der Waals surface area contributed by atoms with Gasteiger partial charge in [-0.05, 0) is 51.9 Å². The minimum absolute atomic E-state index is 0.208. The number of hydrogen-bond donors (Lipinski definition) is 1. The van der Waals surface area contributed by atoms with Gasteiger partial charge in [-0.1, -0.05) is 17.7 Å². The van der Waals surface area contributed by atoms with Gasteiger partial charge in [-0.15, -0.1) is 6.58 Å². The molecule has 0 fully saturated rings. The lowest BCUT2D eigenvalue weighted by molar-refractivity contribution is 0.242. The Kier molecular flexibility index (Phi) is 5.23. The van der Waals surface area contributed by atoms with Gasteiger partial charge in [0.15, 0.2) is 0 Å². The topological polar surface area (TPSA) is 21.3 Å². The van der Waals surface area contributed by atoms with E-state index in [-0.39, 0.29) is 6.10 Å². The van der Waals surface area contributed by atoms with E-state index < -0.39 is 0 Å². The van der Waals surface area contributed by atoms with E-state index in [9.17, 15) is 0 Å². The number of ether oxygens (including phenoxy) is 1. The van der Waals surface area contributed by atoms with Gasteiger partial charge in [0.1, 0.15) is 5.75 Å². The van der Waals surface area contributed by atoms with Crippen LogP contribution in [0.25, 0.3) is 0 Å². The fourth-order valence-electron chi connectivity index (χ4n) is 1.81. The molecule has 0 aromatic heterocycles. The summed E-state index contributed by atoms with van der Waals surface area (Å²) in [6.45, 7) is 10.1. The first kappa shape index (κ1) is 13.8. The van der Waals surface area contributed by atoms with Crippen LogP contribution in [0.5, 0.6) is 5.75 Å². The molecule has 0 aliphatic carbocycles. The van der Waals surface area contributed by atoms with Crippen LogP contribution in [0.3, 0.4) is 0 Å². The second-order valence-corrected chi connectivity index (χ2v) is 4.74. The Morgan fingerprint density at radius 1 is 1.41 bits per heavy atom. The summed E-state index contributed by atoms with van der Waals surface area (Å²) in [5.41, 5.74) is 2.42. The summed E-state index contributed by atoms with van der Waals surface area (Å²) >= 11 is 0. The largest absolute Gasteiger partial charge is 0.491 e. The first-order valence-electron chi connectivity index (χ1n) is 6.11. The highest BCUT2D eigenvalue weighted by molar-refractivity contribution is 5.31. The minimum Gasteiger partial charge on any atom is -0.491 e. The fourth-order valence-corrected chi connectivity index (χ4v) is 1.81. The molecule has 2 heteroatoms. The van der Waals surface area contributed by atoms with Crippen molar-refractivity contribution < 1.29 is 4.74 Å². The maximum absolute atomic E-state index is 5.70. The van der Waals surface area contributed by atoms with E-state index in [1.165, 1.54) is 11.1 Å². The summed E-state index contributed by atoms with van der Waals surface area (Å²) < 4.78 is 5.70.